The first-order valence-electron chi connectivity index (χ1n) is 4.52. The Hall–Kier alpha value is -1.64. The zero-order valence-electron chi connectivity index (χ0n) is 10.3. The summed E-state index contributed by atoms with van der Waals surface area (Å²) in [5.74, 6) is -27.4. The predicted octanol–water partition coefficient (Wildman–Crippen LogP) is 3.82. The van der Waals surface area contributed by atoms with E-state index in [9.17, 15) is 53.1 Å². The van der Waals surface area contributed by atoms with E-state index in [0.29, 0.717) is 0 Å². The SMILES string of the molecule is C=C(F)C(F)(F)C(F)(OC(F)(F)C(F)(F)C(=O)O)C(F)(F)F.N. The molecule has 4 nitrogen and oxygen atoms in total. The van der Waals surface area contributed by atoms with Crippen LogP contribution in [-0.4, -0.2) is 41.1 Å². The normalized spacial score (nSPS) is 16.3. The summed E-state index contributed by atoms with van der Waals surface area (Å²) in [5.41, 5.74) is 0. The molecule has 0 radical (unpaired) electrons. The van der Waals surface area contributed by atoms with Gasteiger partial charge in [0, 0.05) is 0 Å². The fourth-order valence-electron chi connectivity index (χ4n) is 0.840. The molecule has 4 N–H and O–H groups in total. The summed E-state index contributed by atoms with van der Waals surface area (Å²) in [6.45, 7) is 1.55. The van der Waals surface area contributed by atoms with E-state index in [-0.39, 0.29) is 6.15 Å². The molecular weight excluding hydrogens is 367 g/mol. The summed E-state index contributed by atoms with van der Waals surface area (Å²) in [4.78, 5) is 9.79. The molecule has 23 heavy (non-hydrogen) atoms. The molecule has 1 unspecified atom stereocenters. The van der Waals surface area contributed by atoms with Gasteiger partial charge in [-0.3, -0.25) is 4.74 Å². The van der Waals surface area contributed by atoms with E-state index in [1.54, 1.807) is 11.3 Å². The number of carbonyl (C=O) groups is 1. The molecule has 0 aliphatic heterocycles. The lowest BCUT2D eigenvalue weighted by Crippen LogP contribution is -2.63. The van der Waals surface area contributed by atoms with Crippen LogP contribution in [0.5, 0.6) is 0 Å². The third-order valence-electron chi connectivity index (χ3n) is 2.01. The highest BCUT2D eigenvalue weighted by atomic mass is 19.4. The Morgan fingerprint density at radius 3 is 1.43 bits per heavy atom. The van der Waals surface area contributed by atoms with Crippen LogP contribution in [-0.2, 0) is 9.53 Å². The van der Waals surface area contributed by atoms with E-state index in [1.165, 1.54) is 0 Å². The van der Waals surface area contributed by atoms with E-state index in [2.05, 4.69) is 0 Å². The Bertz CT molecular complexity index is 474. The average Bonchev–Trinajstić information content (AvgIpc) is 2.25. The maximum atomic E-state index is 13.2. The molecule has 0 aromatic heterocycles. The van der Waals surface area contributed by atoms with Crippen molar-refractivity contribution < 1.29 is 62.9 Å². The van der Waals surface area contributed by atoms with Gasteiger partial charge in [-0.15, -0.1) is 0 Å². The van der Waals surface area contributed by atoms with Gasteiger partial charge in [0.15, 0.2) is 5.83 Å². The Kier molecular flexibility index (Phi) is 6.27. The van der Waals surface area contributed by atoms with E-state index >= 15 is 0 Å². The topological polar surface area (TPSA) is 81.5 Å². The maximum absolute atomic E-state index is 13.2. The van der Waals surface area contributed by atoms with Crippen LogP contribution in [0.1, 0.15) is 0 Å². The number of alkyl halides is 10. The van der Waals surface area contributed by atoms with Gasteiger partial charge < -0.3 is 11.3 Å². The standard InChI is InChI=1S/C8H3F11O3.H3N/c1-2(9)4(10,11)6(14,7(15,16)17)22-8(18,19)5(12,13)3(20)21;/h1H2,(H,20,21);1H3. The largest absolute Gasteiger partial charge is 0.477 e. The highest BCUT2D eigenvalue weighted by Crippen LogP contribution is 2.53. The number of carboxylic acids is 1. The van der Waals surface area contributed by atoms with Crippen LogP contribution >= 0.6 is 0 Å². The summed E-state index contributed by atoms with van der Waals surface area (Å²) < 4.78 is 140. The second-order valence-corrected chi connectivity index (χ2v) is 3.57. The maximum Gasteiger partial charge on any atom is 0.455 e. The minimum Gasteiger partial charge on any atom is -0.477 e. The van der Waals surface area contributed by atoms with Crippen LogP contribution in [0.25, 0.3) is 0 Å². The molecule has 0 fully saturated rings. The second kappa shape index (κ2) is 6.10. The quantitative estimate of drug-likeness (QED) is 0.694. The molecule has 0 bridgehead atoms. The van der Waals surface area contributed by atoms with Crippen molar-refractivity contribution in [2.24, 2.45) is 0 Å². The second-order valence-electron chi connectivity index (χ2n) is 3.57. The van der Waals surface area contributed by atoms with E-state index in [1.807, 2.05) is 0 Å². The average molecular weight is 373 g/mol. The first-order chi connectivity index (χ1) is 9.34. The summed E-state index contributed by atoms with van der Waals surface area (Å²) in [5, 5.41) is 7.70. The number of halogens is 11. The molecule has 0 aromatic rings. The number of ether oxygens (including phenoxy) is 1. The minimum atomic E-state index is -7.16. The van der Waals surface area contributed by atoms with Gasteiger partial charge in [-0.25, -0.2) is 9.18 Å². The summed E-state index contributed by atoms with van der Waals surface area (Å²) in [6, 6.07) is 0. The van der Waals surface area contributed by atoms with Crippen LogP contribution in [0, 0.1) is 0 Å². The predicted molar refractivity (Wildman–Crippen MR) is 48.7 cm³/mol. The number of hydrogen-bond donors (Lipinski definition) is 2. The van der Waals surface area contributed by atoms with Gasteiger partial charge in [-0.1, -0.05) is 6.58 Å². The molecule has 138 valence electrons. The molecular formula is C8H6F11NO3. The number of carboxylic acid groups (broad SMARTS) is 1. The molecule has 0 rings (SSSR count). The Morgan fingerprint density at radius 2 is 1.22 bits per heavy atom. The lowest BCUT2D eigenvalue weighted by atomic mass is 10.1. The molecule has 0 saturated heterocycles. The van der Waals surface area contributed by atoms with Crippen LogP contribution in [0.15, 0.2) is 12.4 Å². The molecule has 15 heteroatoms. The lowest BCUT2D eigenvalue weighted by Gasteiger charge is -2.36. The van der Waals surface area contributed by atoms with Gasteiger partial charge in [-0.2, -0.15) is 43.9 Å². The zero-order chi connectivity index (χ0) is 18.4. The fourth-order valence-corrected chi connectivity index (χ4v) is 0.840. The van der Waals surface area contributed by atoms with E-state index in [4.69, 9.17) is 5.11 Å². The van der Waals surface area contributed by atoms with Crippen molar-refractivity contribution in [3.63, 3.8) is 0 Å². The van der Waals surface area contributed by atoms with Gasteiger partial charge in [0.2, 0.25) is 0 Å². The molecule has 0 aromatic carbocycles. The van der Waals surface area contributed by atoms with E-state index in [0.717, 1.165) is 0 Å². The number of aliphatic carboxylic acids is 1. The van der Waals surface area contributed by atoms with Gasteiger partial charge in [0.05, 0.1) is 0 Å². The van der Waals surface area contributed by atoms with Crippen molar-refractivity contribution in [1.29, 1.82) is 0 Å². The number of hydrogen-bond acceptors (Lipinski definition) is 3. The van der Waals surface area contributed by atoms with Crippen LogP contribution in [0.3, 0.4) is 0 Å². The lowest BCUT2D eigenvalue weighted by molar-refractivity contribution is -0.478. The highest BCUT2D eigenvalue weighted by molar-refractivity contribution is 5.76. The summed E-state index contributed by atoms with van der Waals surface area (Å²) in [6.07, 6.45) is -14.1. The smallest absolute Gasteiger partial charge is 0.455 e. The third-order valence-corrected chi connectivity index (χ3v) is 2.01. The van der Waals surface area contributed by atoms with Gasteiger partial charge >= 0.3 is 36.0 Å². The van der Waals surface area contributed by atoms with Crippen LogP contribution < -0.4 is 6.15 Å². The van der Waals surface area contributed by atoms with Crippen molar-refractivity contribution in [2.45, 2.75) is 30.0 Å². The van der Waals surface area contributed by atoms with Crippen molar-refractivity contribution in [2.75, 3.05) is 0 Å². The van der Waals surface area contributed by atoms with Gasteiger partial charge in [-0.05, 0) is 0 Å². The van der Waals surface area contributed by atoms with Gasteiger partial charge in [0.25, 0.3) is 0 Å². The fraction of sp³-hybridized carbons (Fsp3) is 0.625. The van der Waals surface area contributed by atoms with Crippen molar-refractivity contribution in [3.8, 4) is 0 Å². The Balaban J connectivity index is 0. The van der Waals surface area contributed by atoms with Crippen molar-refractivity contribution >= 4 is 5.97 Å². The first-order valence-corrected chi connectivity index (χ1v) is 4.52. The molecule has 0 saturated carbocycles. The summed E-state index contributed by atoms with van der Waals surface area (Å²) in [7, 11) is 0. The molecule has 0 aliphatic carbocycles. The van der Waals surface area contributed by atoms with Crippen LogP contribution in [0.4, 0.5) is 48.3 Å². The molecule has 0 aliphatic rings. The Morgan fingerprint density at radius 1 is 0.870 bits per heavy atom. The zero-order valence-corrected chi connectivity index (χ0v) is 10.3. The van der Waals surface area contributed by atoms with Gasteiger partial charge in [0.1, 0.15) is 0 Å². The molecule has 0 spiro atoms. The van der Waals surface area contributed by atoms with Crippen LogP contribution in [0.2, 0.25) is 0 Å². The highest BCUT2D eigenvalue weighted by Gasteiger charge is 2.80. The van der Waals surface area contributed by atoms with E-state index < -0.39 is 41.8 Å². The first kappa shape index (κ1) is 23.6. The Labute approximate surface area is 119 Å². The van der Waals surface area contributed by atoms with Crippen molar-refractivity contribution in [3.05, 3.63) is 12.4 Å². The molecule has 0 heterocycles. The van der Waals surface area contributed by atoms with Crippen molar-refractivity contribution in [1.82, 2.24) is 6.15 Å². The molecule has 0 amide bonds. The monoisotopic (exact) mass is 373 g/mol. The minimum absolute atomic E-state index is 0. The number of rotatable bonds is 6. The third kappa shape index (κ3) is 3.65. The summed E-state index contributed by atoms with van der Waals surface area (Å²) >= 11 is 0. The molecule has 1 atom stereocenters.